The summed E-state index contributed by atoms with van der Waals surface area (Å²) in [5.74, 6) is -0.418. The number of benzene rings is 2. The minimum absolute atomic E-state index is 0.418. The molecule has 0 bridgehead atoms. The van der Waals surface area contributed by atoms with Gasteiger partial charge in [0.15, 0.2) is 5.58 Å². The molecule has 0 spiro atoms. The third kappa shape index (κ3) is 3.09. The van der Waals surface area contributed by atoms with Crippen molar-refractivity contribution in [1.82, 2.24) is 4.98 Å². The van der Waals surface area contributed by atoms with E-state index in [1.54, 1.807) is 0 Å². The number of aromatic amines is 1. The number of nitrogens with one attached hydrogen (secondary N) is 1. The number of aromatic nitrogens is 1. The Hall–Kier alpha value is -2.82. The molecule has 22 heavy (non-hydrogen) atoms. The molecule has 0 atom stereocenters. The highest BCUT2D eigenvalue weighted by atomic mass is 16.6. The van der Waals surface area contributed by atoms with E-state index in [9.17, 15) is 4.79 Å². The zero-order valence-corrected chi connectivity index (χ0v) is 12.2. The topological polar surface area (TPSA) is 67.6 Å². The summed E-state index contributed by atoms with van der Waals surface area (Å²) in [6, 6.07) is 15.5. The van der Waals surface area contributed by atoms with Crippen LogP contribution in [0.1, 0.15) is 13.3 Å². The van der Waals surface area contributed by atoms with Crippen molar-refractivity contribution in [1.29, 1.82) is 0 Å². The largest absolute Gasteiger partial charge is 0.417 e. The normalized spacial score (nSPS) is 13.2. The lowest BCUT2D eigenvalue weighted by Gasteiger charge is -2.00. The monoisotopic (exact) mass is 296 g/mol. The fourth-order valence-corrected chi connectivity index (χ4v) is 2.21. The Labute approximate surface area is 127 Å². The Morgan fingerprint density at radius 2 is 1.91 bits per heavy atom. The van der Waals surface area contributed by atoms with Crippen LogP contribution in [-0.4, -0.2) is 17.3 Å². The number of hydrogen-bond acceptors (Lipinski definition) is 4. The molecule has 112 valence electrons. The van der Waals surface area contributed by atoms with Crippen LogP contribution in [0.2, 0.25) is 0 Å². The van der Waals surface area contributed by atoms with Crippen molar-refractivity contribution in [3.63, 3.8) is 0 Å². The quantitative estimate of drug-likeness (QED) is 0.746. The van der Waals surface area contributed by atoms with Gasteiger partial charge in [0.1, 0.15) is 6.61 Å². The van der Waals surface area contributed by atoms with Crippen LogP contribution in [-0.2, 0) is 4.84 Å². The van der Waals surface area contributed by atoms with Gasteiger partial charge in [-0.15, -0.1) is 0 Å². The van der Waals surface area contributed by atoms with E-state index in [1.165, 1.54) is 0 Å². The maximum absolute atomic E-state index is 11.2. The van der Waals surface area contributed by atoms with Gasteiger partial charge in [-0.05, 0) is 18.6 Å². The molecule has 0 unspecified atom stereocenters. The van der Waals surface area contributed by atoms with Crippen molar-refractivity contribution in [3.8, 4) is 11.1 Å². The Kier molecular flexibility index (Phi) is 4.05. The van der Waals surface area contributed by atoms with Crippen LogP contribution in [0.3, 0.4) is 0 Å². The highest BCUT2D eigenvalue weighted by Crippen LogP contribution is 2.26. The SMILES string of the molecule is CC1=NOCC1.O=c1[nH]c2cccc(-c3ccccc3)c2o1. The first-order valence-corrected chi connectivity index (χ1v) is 7.07. The Morgan fingerprint density at radius 1 is 1.09 bits per heavy atom. The molecular weight excluding hydrogens is 280 g/mol. The van der Waals surface area contributed by atoms with Gasteiger partial charge in [0.05, 0.1) is 11.2 Å². The van der Waals surface area contributed by atoms with Crippen molar-refractivity contribution >= 4 is 16.8 Å². The van der Waals surface area contributed by atoms with Crippen LogP contribution < -0.4 is 5.76 Å². The van der Waals surface area contributed by atoms with Crippen molar-refractivity contribution in [2.75, 3.05) is 6.61 Å². The molecule has 1 N–H and O–H groups in total. The van der Waals surface area contributed by atoms with E-state index in [1.807, 2.05) is 55.5 Å². The summed E-state index contributed by atoms with van der Waals surface area (Å²) in [7, 11) is 0. The van der Waals surface area contributed by atoms with Gasteiger partial charge in [-0.3, -0.25) is 4.98 Å². The van der Waals surface area contributed by atoms with E-state index in [0.29, 0.717) is 5.58 Å². The zero-order valence-electron chi connectivity index (χ0n) is 12.2. The van der Waals surface area contributed by atoms with Crippen LogP contribution in [0.25, 0.3) is 22.2 Å². The second kappa shape index (κ2) is 6.30. The standard InChI is InChI=1S/C13H9NO2.C4H7NO/c15-13-14-11-8-4-7-10(12(11)16-13)9-5-2-1-3-6-9;1-4-2-3-6-5-4/h1-8H,(H,14,15);2-3H2,1H3. The Balaban J connectivity index is 0.000000202. The van der Waals surface area contributed by atoms with E-state index in [0.717, 1.165) is 35.4 Å². The summed E-state index contributed by atoms with van der Waals surface area (Å²) in [5, 5.41) is 3.65. The maximum atomic E-state index is 11.2. The molecule has 2 heterocycles. The minimum atomic E-state index is -0.418. The first-order chi connectivity index (χ1) is 10.7. The summed E-state index contributed by atoms with van der Waals surface area (Å²) in [5.41, 5.74) is 4.41. The van der Waals surface area contributed by atoms with Gasteiger partial charge in [-0.1, -0.05) is 47.6 Å². The molecule has 0 saturated heterocycles. The van der Waals surface area contributed by atoms with Gasteiger partial charge in [0.25, 0.3) is 0 Å². The van der Waals surface area contributed by atoms with Gasteiger partial charge >= 0.3 is 5.76 Å². The number of H-pyrrole nitrogens is 1. The molecule has 3 aromatic rings. The van der Waals surface area contributed by atoms with E-state index >= 15 is 0 Å². The molecule has 1 aliphatic rings. The van der Waals surface area contributed by atoms with E-state index < -0.39 is 5.76 Å². The summed E-state index contributed by atoms with van der Waals surface area (Å²) in [6.07, 6.45) is 1.01. The number of oxime groups is 1. The van der Waals surface area contributed by atoms with Gasteiger partial charge in [0, 0.05) is 12.0 Å². The summed E-state index contributed by atoms with van der Waals surface area (Å²) in [4.78, 5) is 18.4. The maximum Gasteiger partial charge on any atom is 0.417 e. The van der Waals surface area contributed by atoms with Crippen molar-refractivity contribution in [3.05, 3.63) is 59.1 Å². The third-order valence-electron chi connectivity index (χ3n) is 3.31. The van der Waals surface area contributed by atoms with Gasteiger partial charge in [0.2, 0.25) is 0 Å². The van der Waals surface area contributed by atoms with E-state index in [4.69, 9.17) is 4.42 Å². The number of para-hydroxylation sites is 1. The van der Waals surface area contributed by atoms with E-state index in [-0.39, 0.29) is 0 Å². The molecule has 5 heteroatoms. The third-order valence-corrected chi connectivity index (χ3v) is 3.31. The highest BCUT2D eigenvalue weighted by Gasteiger charge is 2.07. The first-order valence-electron chi connectivity index (χ1n) is 7.07. The lowest BCUT2D eigenvalue weighted by Crippen LogP contribution is -1.92. The number of oxazole rings is 1. The predicted molar refractivity (Wildman–Crippen MR) is 85.9 cm³/mol. The van der Waals surface area contributed by atoms with Crippen LogP contribution in [0.5, 0.6) is 0 Å². The molecule has 2 aromatic carbocycles. The smallest absolute Gasteiger partial charge is 0.407 e. The zero-order chi connectivity index (χ0) is 15.4. The summed E-state index contributed by atoms with van der Waals surface area (Å²) in [6.45, 7) is 2.75. The van der Waals surface area contributed by atoms with Crippen LogP contribution in [0.4, 0.5) is 0 Å². The summed E-state index contributed by atoms with van der Waals surface area (Å²) < 4.78 is 5.14. The number of nitrogens with zero attached hydrogens (tertiary/aromatic N) is 1. The second-order valence-electron chi connectivity index (χ2n) is 4.97. The number of rotatable bonds is 1. The average Bonchev–Trinajstić information content (AvgIpc) is 3.16. The Morgan fingerprint density at radius 3 is 2.55 bits per heavy atom. The molecule has 1 aromatic heterocycles. The molecule has 0 saturated carbocycles. The fraction of sp³-hybridized carbons (Fsp3) is 0.176. The average molecular weight is 296 g/mol. The second-order valence-corrected chi connectivity index (χ2v) is 4.97. The lowest BCUT2D eigenvalue weighted by atomic mass is 10.1. The predicted octanol–water partition coefficient (Wildman–Crippen LogP) is 3.57. The molecule has 0 aliphatic carbocycles. The van der Waals surface area contributed by atoms with E-state index in [2.05, 4.69) is 15.0 Å². The van der Waals surface area contributed by atoms with Crippen LogP contribution in [0.15, 0.2) is 62.9 Å². The van der Waals surface area contributed by atoms with Gasteiger partial charge < -0.3 is 9.25 Å². The lowest BCUT2D eigenvalue weighted by molar-refractivity contribution is 0.173. The van der Waals surface area contributed by atoms with Crippen LogP contribution >= 0.6 is 0 Å². The Bertz CT molecular complexity index is 847. The molecule has 4 rings (SSSR count). The summed E-state index contributed by atoms with van der Waals surface area (Å²) >= 11 is 0. The van der Waals surface area contributed by atoms with Crippen molar-refractivity contribution < 1.29 is 9.25 Å². The first kappa shape index (κ1) is 14.1. The number of hydrogen-bond donors (Lipinski definition) is 1. The minimum Gasteiger partial charge on any atom is -0.407 e. The molecular formula is C17H16N2O3. The molecule has 5 nitrogen and oxygen atoms in total. The molecule has 0 amide bonds. The fourth-order valence-electron chi connectivity index (χ4n) is 2.21. The van der Waals surface area contributed by atoms with Crippen molar-refractivity contribution in [2.45, 2.75) is 13.3 Å². The van der Waals surface area contributed by atoms with Crippen LogP contribution in [0, 0.1) is 0 Å². The van der Waals surface area contributed by atoms with Gasteiger partial charge in [-0.25, -0.2) is 4.79 Å². The highest BCUT2D eigenvalue weighted by molar-refractivity contribution is 5.89. The molecule has 1 aliphatic heterocycles. The van der Waals surface area contributed by atoms with Crippen molar-refractivity contribution in [2.24, 2.45) is 5.16 Å². The molecule has 0 radical (unpaired) electrons. The van der Waals surface area contributed by atoms with Gasteiger partial charge in [-0.2, -0.15) is 0 Å². The number of fused-ring (bicyclic) bond motifs is 1. The molecule has 0 fully saturated rings.